The molecule has 1 N–H and O–H groups in total. The van der Waals surface area contributed by atoms with Crippen LogP contribution in [0.4, 0.5) is 5.69 Å². The number of hydrogen-bond acceptors (Lipinski definition) is 6. The third-order valence-corrected chi connectivity index (χ3v) is 5.05. The third kappa shape index (κ3) is 4.35. The molecule has 2 aromatic rings. The molecule has 0 radical (unpaired) electrons. The number of nitrogens with zero attached hydrogens (tertiary/aromatic N) is 1. The van der Waals surface area contributed by atoms with Crippen LogP contribution in [0, 0.1) is 0 Å². The topological polar surface area (TPSA) is 76.1 Å². The first-order valence-corrected chi connectivity index (χ1v) is 9.67. The van der Waals surface area contributed by atoms with Crippen LogP contribution in [0.1, 0.15) is 12.5 Å². The number of thioether (sulfide) groups is 1. The molecular formula is C20H17NO5S2. The van der Waals surface area contributed by atoms with Gasteiger partial charge in [0.25, 0.3) is 5.91 Å². The van der Waals surface area contributed by atoms with Crippen molar-refractivity contribution in [2.75, 3.05) is 18.1 Å². The fourth-order valence-corrected chi connectivity index (χ4v) is 3.90. The molecule has 2 aromatic carbocycles. The van der Waals surface area contributed by atoms with Gasteiger partial charge in [-0.1, -0.05) is 54.3 Å². The summed E-state index contributed by atoms with van der Waals surface area (Å²) in [5.74, 6) is -0.660. The minimum atomic E-state index is -1.10. The van der Waals surface area contributed by atoms with Gasteiger partial charge < -0.3 is 14.6 Å². The van der Waals surface area contributed by atoms with Crippen LogP contribution in [-0.2, 0) is 9.59 Å². The first-order chi connectivity index (χ1) is 13.5. The van der Waals surface area contributed by atoms with E-state index in [-0.39, 0.29) is 11.7 Å². The summed E-state index contributed by atoms with van der Waals surface area (Å²) in [6.07, 6.45) is 1.64. The summed E-state index contributed by atoms with van der Waals surface area (Å²) in [5.41, 5.74) is 1.24. The highest BCUT2D eigenvalue weighted by Crippen LogP contribution is 2.39. The zero-order valence-electron chi connectivity index (χ0n) is 15.0. The molecule has 0 spiro atoms. The molecule has 1 amide bonds. The number of anilines is 1. The summed E-state index contributed by atoms with van der Waals surface area (Å²) in [4.78, 5) is 25.7. The van der Waals surface area contributed by atoms with Crippen LogP contribution in [0.3, 0.4) is 0 Å². The highest BCUT2D eigenvalue weighted by Gasteiger charge is 2.33. The number of carbonyl (C=O) groups excluding carboxylic acids is 1. The average molecular weight is 415 g/mol. The van der Waals surface area contributed by atoms with Crippen molar-refractivity contribution in [2.24, 2.45) is 0 Å². The van der Waals surface area contributed by atoms with Crippen molar-refractivity contribution in [3.63, 3.8) is 0 Å². The maximum Gasteiger partial charge on any atom is 0.341 e. The van der Waals surface area contributed by atoms with Gasteiger partial charge in [0.1, 0.15) is 0 Å². The van der Waals surface area contributed by atoms with E-state index in [2.05, 4.69) is 0 Å². The number of carbonyl (C=O) groups is 2. The van der Waals surface area contributed by atoms with E-state index in [0.717, 1.165) is 0 Å². The Morgan fingerprint density at radius 1 is 1.18 bits per heavy atom. The van der Waals surface area contributed by atoms with Gasteiger partial charge in [-0.15, -0.1) is 0 Å². The molecule has 6 nitrogen and oxygen atoms in total. The lowest BCUT2D eigenvalue weighted by Crippen LogP contribution is -2.27. The smallest absolute Gasteiger partial charge is 0.341 e. The van der Waals surface area contributed by atoms with Gasteiger partial charge >= 0.3 is 5.97 Å². The van der Waals surface area contributed by atoms with E-state index in [9.17, 15) is 9.59 Å². The van der Waals surface area contributed by atoms with E-state index in [1.807, 2.05) is 37.3 Å². The van der Waals surface area contributed by atoms with Gasteiger partial charge in [0.15, 0.2) is 22.4 Å². The van der Waals surface area contributed by atoms with E-state index in [1.54, 1.807) is 24.3 Å². The van der Waals surface area contributed by atoms with E-state index in [4.69, 9.17) is 26.8 Å². The maximum absolute atomic E-state index is 12.9. The Morgan fingerprint density at radius 3 is 2.61 bits per heavy atom. The molecule has 3 rings (SSSR count). The van der Waals surface area contributed by atoms with Crippen molar-refractivity contribution in [1.29, 1.82) is 0 Å². The Morgan fingerprint density at radius 2 is 1.93 bits per heavy atom. The molecule has 1 aliphatic rings. The molecule has 0 aromatic heterocycles. The summed E-state index contributed by atoms with van der Waals surface area (Å²) in [7, 11) is 0. The molecule has 144 valence electrons. The number of ether oxygens (including phenoxy) is 2. The molecule has 0 saturated carbocycles. The number of carboxylic acids is 1. The van der Waals surface area contributed by atoms with Crippen LogP contribution in [-0.4, -0.2) is 34.5 Å². The molecule has 1 aliphatic heterocycles. The molecule has 8 heteroatoms. The third-order valence-electron chi connectivity index (χ3n) is 3.74. The van der Waals surface area contributed by atoms with Gasteiger partial charge in [-0.3, -0.25) is 9.69 Å². The van der Waals surface area contributed by atoms with E-state index < -0.39 is 12.6 Å². The zero-order chi connectivity index (χ0) is 20.1. The Labute approximate surface area is 171 Å². The van der Waals surface area contributed by atoms with E-state index in [1.165, 1.54) is 16.7 Å². The van der Waals surface area contributed by atoms with Gasteiger partial charge in [0, 0.05) is 5.56 Å². The lowest BCUT2D eigenvalue weighted by molar-refractivity contribution is -0.139. The summed E-state index contributed by atoms with van der Waals surface area (Å²) in [6.45, 7) is 1.69. The monoisotopic (exact) mass is 415 g/mol. The molecule has 0 bridgehead atoms. The zero-order valence-corrected chi connectivity index (χ0v) is 16.6. The summed E-state index contributed by atoms with van der Waals surface area (Å²) in [5, 5.41) is 8.95. The van der Waals surface area contributed by atoms with E-state index in [0.29, 0.717) is 32.8 Å². The molecule has 1 heterocycles. The molecule has 0 atom stereocenters. The molecule has 1 fully saturated rings. The Kier molecular flexibility index (Phi) is 6.33. The molecular weight excluding hydrogens is 398 g/mol. The van der Waals surface area contributed by atoms with Crippen molar-refractivity contribution in [1.82, 2.24) is 0 Å². The summed E-state index contributed by atoms with van der Waals surface area (Å²) in [6, 6.07) is 14.3. The fraction of sp³-hybridized carbons (Fsp3) is 0.150. The molecule has 0 aliphatic carbocycles. The average Bonchev–Trinajstić information content (AvgIpc) is 2.95. The second-order valence-electron chi connectivity index (χ2n) is 5.64. The number of hydrogen-bond donors (Lipinski definition) is 1. The van der Waals surface area contributed by atoms with Crippen LogP contribution in [0.2, 0.25) is 0 Å². The van der Waals surface area contributed by atoms with Gasteiger partial charge in [-0.25, -0.2) is 4.79 Å². The summed E-state index contributed by atoms with van der Waals surface area (Å²) < 4.78 is 11.4. The SMILES string of the molecule is CCOc1cccc(/C=C2\SC(=S)N(c3ccccc3)C2=O)c1OCC(=O)O. The highest BCUT2D eigenvalue weighted by molar-refractivity contribution is 8.27. The van der Waals surface area contributed by atoms with Crippen LogP contribution >= 0.6 is 24.0 Å². The van der Waals surface area contributed by atoms with Crippen molar-refractivity contribution >= 4 is 51.9 Å². The Balaban J connectivity index is 1.96. The van der Waals surface area contributed by atoms with Crippen LogP contribution < -0.4 is 14.4 Å². The van der Waals surface area contributed by atoms with E-state index >= 15 is 0 Å². The molecule has 0 unspecified atom stereocenters. The number of carboxylic acid groups (broad SMARTS) is 1. The Bertz CT molecular complexity index is 943. The largest absolute Gasteiger partial charge is 0.490 e. The lowest BCUT2D eigenvalue weighted by Gasteiger charge is -2.14. The van der Waals surface area contributed by atoms with Gasteiger partial charge in [-0.2, -0.15) is 0 Å². The predicted molar refractivity (Wildman–Crippen MR) is 113 cm³/mol. The van der Waals surface area contributed by atoms with Crippen molar-refractivity contribution in [2.45, 2.75) is 6.92 Å². The van der Waals surface area contributed by atoms with Crippen LogP contribution in [0.5, 0.6) is 11.5 Å². The van der Waals surface area contributed by atoms with Crippen LogP contribution in [0.25, 0.3) is 6.08 Å². The van der Waals surface area contributed by atoms with Gasteiger partial charge in [0.2, 0.25) is 0 Å². The maximum atomic E-state index is 12.9. The number of amides is 1. The van der Waals surface area contributed by atoms with Crippen molar-refractivity contribution < 1.29 is 24.2 Å². The normalized spacial score (nSPS) is 15.2. The van der Waals surface area contributed by atoms with Crippen molar-refractivity contribution in [3.05, 3.63) is 59.0 Å². The quantitative estimate of drug-likeness (QED) is 0.542. The number of para-hydroxylation sites is 2. The second-order valence-corrected chi connectivity index (χ2v) is 7.32. The lowest BCUT2D eigenvalue weighted by atomic mass is 10.1. The highest BCUT2D eigenvalue weighted by atomic mass is 32.2. The number of rotatable bonds is 7. The van der Waals surface area contributed by atoms with Crippen LogP contribution in [0.15, 0.2) is 53.4 Å². The minimum Gasteiger partial charge on any atom is -0.490 e. The number of benzene rings is 2. The van der Waals surface area contributed by atoms with Crippen molar-refractivity contribution in [3.8, 4) is 11.5 Å². The molecule has 1 saturated heterocycles. The number of thiocarbonyl (C=S) groups is 1. The summed E-state index contributed by atoms with van der Waals surface area (Å²) >= 11 is 6.55. The number of aliphatic carboxylic acids is 1. The second kappa shape index (κ2) is 8.90. The van der Waals surface area contributed by atoms with Gasteiger partial charge in [0.05, 0.1) is 17.2 Å². The molecule has 28 heavy (non-hydrogen) atoms. The first-order valence-electron chi connectivity index (χ1n) is 8.44. The standard InChI is InChI=1S/C20H17NO5S2/c1-2-25-15-10-6-7-13(18(15)26-12-17(22)23)11-16-19(24)21(20(27)28-16)14-8-4-3-5-9-14/h3-11H,2,12H2,1H3,(H,22,23)/b16-11-. The first kappa shape index (κ1) is 19.9. The van der Waals surface area contributed by atoms with Gasteiger partial charge in [-0.05, 0) is 31.2 Å². The Hall–Kier alpha value is -2.84. The minimum absolute atomic E-state index is 0.243. The fourth-order valence-electron chi connectivity index (χ4n) is 2.61. The predicted octanol–water partition coefficient (Wildman–Crippen LogP) is 3.95.